The molecule has 0 atom stereocenters. The van der Waals surface area contributed by atoms with Gasteiger partial charge in [0.1, 0.15) is 5.82 Å². The summed E-state index contributed by atoms with van der Waals surface area (Å²) in [6.07, 6.45) is 1.71. The molecule has 12 heavy (non-hydrogen) atoms. The van der Waals surface area contributed by atoms with E-state index < -0.39 is 0 Å². The van der Waals surface area contributed by atoms with Gasteiger partial charge in [-0.05, 0) is 23.6 Å². The standard InChI is InChI=1S/C8H5ClFIS/c9-7-2-1-6(3-4-12-11)8(10)5-7/h1-5H/b4-3+. The van der Waals surface area contributed by atoms with Crippen LogP contribution in [0.25, 0.3) is 6.08 Å². The van der Waals surface area contributed by atoms with Crippen molar-refractivity contribution in [3.8, 4) is 0 Å². The molecule has 0 aliphatic rings. The smallest absolute Gasteiger partial charge is 0.131 e. The number of hydrogen-bond acceptors (Lipinski definition) is 1. The molecule has 4 heteroatoms. The van der Waals surface area contributed by atoms with Gasteiger partial charge in [0.15, 0.2) is 0 Å². The maximum Gasteiger partial charge on any atom is 0.131 e. The average molecular weight is 315 g/mol. The van der Waals surface area contributed by atoms with Crippen LogP contribution >= 0.6 is 41.7 Å². The normalized spacial score (nSPS) is 10.9. The van der Waals surface area contributed by atoms with Gasteiger partial charge in [-0.1, -0.05) is 26.6 Å². The van der Waals surface area contributed by atoms with E-state index in [2.05, 4.69) is 21.2 Å². The van der Waals surface area contributed by atoms with Crippen LogP contribution < -0.4 is 0 Å². The summed E-state index contributed by atoms with van der Waals surface area (Å²) in [7, 11) is 1.50. The van der Waals surface area contributed by atoms with E-state index >= 15 is 0 Å². The minimum atomic E-state index is -0.288. The van der Waals surface area contributed by atoms with Gasteiger partial charge in [-0.2, -0.15) is 0 Å². The molecule has 0 unspecified atom stereocenters. The largest absolute Gasteiger partial charge is 0.206 e. The molecule has 1 aromatic rings. The van der Waals surface area contributed by atoms with Crippen LogP contribution in [0.4, 0.5) is 4.39 Å². The van der Waals surface area contributed by atoms with Crippen molar-refractivity contribution in [2.45, 2.75) is 0 Å². The summed E-state index contributed by atoms with van der Waals surface area (Å²) >= 11 is 7.69. The Bertz CT molecular complexity index is 301. The van der Waals surface area contributed by atoms with Crippen molar-refractivity contribution < 1.29 is 4.39 Å². The highest BCUT2D eigenvalue weighted by Gasteiger charge is 1.97. The van der Waals surface area contributed by atoms with Crippen molar-refractivity contribution >= 4 is 47.8 Å². The highest BCUT2D eigenvalue weighted by Crippen LogP contribution is 2.19. The number of benzene rings is 1. The van der Waals surface area contributed by atoms with Crippen LogP contribution in [0.3, 0.4) is 0 Å². The first-order valence-corrected chi connectivity index (χ1v) is 6.93. The minimum absolute atomic E-state index is 0.288. The number of halogens is 3. The Morgan fingerprint density at radius 1 is 1.50 bits per heavy atom. The van der Waals surface area contributed by atoms with Crippen molar-refractivity contribution in [2.24, 2.45) is 0 Å². The fourth-order valence-corrected chi connectivity index (χ4v) is 1.53. The van der Waals surface area contributed by atoms with E-state index in [1.807, 2.05) is 5.41 Å². The zero-order valence-electron chi connectivity index (χ0n) is 5.93. The Labute approximate surface area is 91.8 Å². The van der Waals surface area contributed by atoms with Gasteiger partial charge < -0.3 is 0 Å². The lowest BCUT2D eigenvalue weighted by atomic mass is 10.2. The van der Waals surface area contributed by atoms with E-state index in [1.165, 1.54) is 15.0 Å². The summed E-state index contributed by atoms with van der Waals surface area (Å²) in [5, 5.41) is 2.24. The Kier molecular flexibility index (Phi) is 4.39. The molecule has 0 heterocycles. The van der Waals surface area contributed by atoms with Crippen LogP contribution in [0.5, 0.6) is 0 Å². The lowest BCUT2D eigenvalue weighted by Crippen LogP contribution is -1.79. The molecule has 0 N–H and O–H groups in total. The van der Waals surface area contributed by atoms with E-state index in [4.69, 9.17) is 11.6 Å². The molecule has 0 fully saturated rings. The average Bonchev–Trinajstić information content (AvgIpc) is 2.03. The van der Waals surface area contributed by atoms with E-state index in [-0.39, 0.29) is 5.82 Å². The van der Waals surface area contributed by atoms with Crippen LogP contribution in [0.2, 0.25) is 5.02 Å². The Morgan fingerprint density at radius 3 is 2.83 bits per heavy atom. The van der Waals surface area contributed by atoms with Crippen LogP contribution in [0.15, 0.2) is 23.6 Å². The highest BCUT2D eigenvalue weighted by atomic mass is 127. The van der Waals surface area contributed by atoms with Crippen LogP contribution in [-0.4, -0.2) is 0 Å². The molecule has 0 aromatic heterocycles. The maximum atomic E-state index is 13.0. The molecule has 0 aliphatic carbocycles. The summed E-state index contributed by atoms with van der Waals surface area (Å²) in [5.41, 5.74) is 0.559. The van der Waals surface area contributed by atoms with Crippen LogP contribution in [0, 0.1) is 5.82 Å². The molecule has 0 radical (unpaired) electrons. The van der Waals surface area contributed by atoms with E-state index in [9.17, 15) is 4.39 Å². The van der Waals surface area contributed by atoms with E-state index in [1.54, 1.807) is 18.2 Å². The summed E-state index contributed by atoms with van der Waals surface area (Å²) in [4.78, 5) is 0. The molecule has 0 saturated carbocycles. The Morgan fingerprint density at radius 2 is 2.25 bits per heavy atom. The summed E-state index contributed by atoms with van der Waals surface area (Å²) in [6.45, 7) is 0. The maximum absolute atomic E-state index is 13.0. The van der Waals surface area contributed by atoms with E-state index in [0.717, 1.165) is 0 Å². The number of rotatable bonds is 2. The monoisotopic (exact) mass is 314 g/mol. The molecule has 1 rings (SSSR count). The zero-order chi connectivity index (χ0) is 8.97. The molecule has 0 bridgehead atoms. The first-order chi connectivity index (χ1) is 5.74. The van der Waals surface area contributed by atoms with Crippen LogP contribution in [-0.2, 0) is 0 Å². The van der Waals surface area contributed by atoms with Crippen molar-refractivity contribution in [3.05, 3.63) is 40.0 Å². The second-order valence-corrected chi connectivity index (χ2v) is 4.47. The molecule has 0 aliphatic heterocycles. The van der Waals surface area contributed by atoms with Gasteiger partial charge in [-0.3, -0.25) is 0 Å². The summed E-state index contributed by atoms with van der Waals surface area (Å²) in [6, 6.07) is 4.63. The first-order valence-electron chi connectivity index (χ1n) is 3.13. The van der Waals surface area contributed by atoms with Gasteiger partial charge in [0.25, 0.3) is 0 Å². The third-order valence-corrected chi connectivity index (χ3v) is 2.62. The fourth-order valence-electron chi connectivity index (χ4n) is 0.736. The second kappa shape index (κ2) is 5.09. The van der Waals surface area contributed by atoms with Gasteiger partial charge in [0, 0.05) is 31.8 Å². The van der Waals surface area contributed by atoms with Crippen molar-refractivity contribution in [3.63, 3.8) is 0 Å². The molecule has 0 amide bonds. The first kappa shape index (κ1) is 10.3. The fraction of sp³-hybridized carbons (Fsp3) is 0. The van der Waals surface area contributed by atoms with Gasteiger partial charge in [0.2, 0.25) is 0 Å². The third-order valence-electron chi connectivity index (χ3n) is 1.26. The van der Waals surface area contributed by atoms with Crippen molar-refractivity contribution in [1.82, 2.24) is 0 Å². The zero-order valence-corrected chi connectivity index (χ0v) is 9.66. The molecule has 0 nitrogen and oxygen atoms in total. The third kappa shape index (κ3) is 2.95. The Hall–Kier alpha value is 0.260. The van der Waals surface area contributed by atoms with Crippen molar-refractivity contribution in [1.29, 1.82) is 0 Å². The molecule has 1 aromatic carbocycles. The summed E-state index contributed by atoms with van der Waals surface area (Å²) < 4.78 is 13.0. The minimum Gasteiger partial charge on any atom is -0.206 e. The lowest BCUT2D eigenvalue weighted by molar-refractivity contribution is 0.625. The molecule has 0 saturated heterocycles. The SMILES string of the molecule is Fc1cc(Cl)ccc1/C=C/SI. The number of hydrogen-bond donors (Lipinski definition) is 0. The molecular formula is C8H5ClFIS. The van der Waals surface area contributed by atoms with E-state index in [0.29, 0.717) is 10.6 Å². The lowest BCUT2D eigenvalue weighted by Gasteiger charge is -1.95. The predicted octanol–water partition coefficient (Wildman–Crippen LogP) is 4.53. The molecule has 0 spiro atoms. The Balaban J connectivity index is 2.94. The molecule has 64 valence electrons. The van der Waals surface area contributed by atoms with Crippen molar-refractivity contribution in [2.75, 3.05) is 0 Å². The van der Waals surface area contributed by atoms with Crippen LogP contribution in [0.1, 0.15) is 5.56 Å². The highest BCUT2D eigenvalue weighted by molar-refractivity contribution is 14.2. The second-order valence-electron chi connectivity index (χ2n) is 2.06. The molecular weight excluding hydrogens is 310 g/mol. The van der Waals surface area contributed by atoms with Gasteiger partial charge >= 0.3 is 0 Å². The summed E-state index contributed by atoms with van der Waals surface area (Å²) in [5.74, 6) is -0.288. The topological polar surface area (TPSA) is 0 Å². The van der Waals surface area contributed by atoms with Gasteiger partial charge in [-0.15, -0.1) is 0 Å². The quantitative estimate of drug-likeness (QED) is 0.723. The van der Waals surface area contributed by atoms with Gasteiger partial charge in [0.05, 0.1) is 0 Å². The predicted molar refractivity (Wildman–Crippen MR) is 62.1 cm³/mol. The van der Waals surface area contributed by atoms with Gasteiger partial charge in [-0.25, -0.2) is 4.39 Å².